The quantitative estimate of drug-likeness (QED) is 0.391. The number of aromatic hydroxyl groups is 1. The second-order valence-corrected chi connectivity index (χ2v) is 9.35. The highest BCUT2D eigenvalue weighted by Crippen LogP contribution is 2.44. The summed E-state index contributed by atoms with van der Waals surface area (Å²) in [6.07, 6.45) is 1.46. The van der Waals surface area contributed by atoms with E-state index >= 15 is 0 Å². The molecule has 1 aliphatic rings. The number of amides is 2. The fraction of sp³-hybridized carbons (Fsp3) is 0.158. The maximum Gasteiger partial charge on any atom is 0.293 e. The van der Waals surface area contributed by atoms with Gasteiger partial charge in [0.05, 0.1) is 18.1 Å². The van der Waals surface area contributed by atoms with E-state index < -0.39 is 11.1 Å². The van der Waals surface area contributed by atoms with E-state index in [0.717, 1.165) is 16.7 Å². The Balaban J connectivity index is 1.94. The molecule has 0 saturated carbocycles. The number of hydrogen-bond donors (Lipinski definition) is 1. The molecule has 0 aromatic heterocycles. The summed E-state index contributed by atoms with van der Waals surface area (Å²) < 4.78 is 6.59. The SMILES string of the molecule is CCOc1cc(Br)c(Br)c(/C=C2\SC(=O)N(Cc3ccc(Cl)cc3Cl)C2=O)c1O. The molecule has 152 valence electrons. The summed E-state index contributed by atoms with van der Waals surface area (Å²) in [6.45, 7) is 2.18. The third kappa shape index (κ3) is 4.77. The van der Waals surface area contributed by atoms with Crippen molar-refractivity contribution in [2.75, 3.05) is 6.61 Å². The molecule has 29 heavy (non-hydrogen) atoms. The van der Waals surface area contributed by atoms with E-state index in [9.17, 15) is 14.7 Å². The number of hydrogen-bond acceptors (Lipinski definition) is 5. The van der Waals surface area contributed by atoms with Crippen LogP contribution < -0.4 is 4.74 Å². The molecule has 1 heterocycles. The lowest BCUT2D eigenvalue weighted by Gasteiger charge is -2.14. The summed E-state index contributed by atoms with van der Waals surface area (Å²) in [4.78, 5) is 26.5. The molecule has 0 unspecified atom stereocenters. The molecule has 10 heteroatoms. The van der Waals surface area contributed by atoms with Gasteiger partial charge >= 0.3 is 0 Å². The van der Waals surface area contributed by atoms with E-state index in [4.69, 9.17) is 27.9 Å². The topological polar surface area (TPSA) is 66.8 Å². The average molecular weight is 582 g/mol. The first kappa shape index (κ1) is 22.5. The van der Waals surface area contributed by atoms with Crippen molar-refractivity contribution in [3.8, 4) is 11.5 Å². The third-order valence-electron chi connectivity index (χ3n) is 3.98. The van der Waals surface area contributed by atoms with Crippen molar-refractivity contribution in [3.63, 3.8) is 0 Å². The summed E-state index contributed by atoms with van der Waals surface area (Å²) in [5.41, 5.74) is 0.933. The number of nitrogens with zero attached hydrogens (tertiary/aromatic N) is 1. The van der Waals surface area contributed by atoms with Crippen molar-refractivity contribution in [2.24, 2.45) is 0 Å². The van der Waals surface area contributed by atoms with Crippen molar-refractivity contribution in [1.82, 2.24) is 4.90 Å². The first-order valence-corrected chi connectivity index (χ1v) is 11.4. The molecule has 2 amide bonds. The summed E-state index contributed by atoms with van der Waals surface area (Å²) >= 11 is 19.6. The number of thioether (sulfide) groups is 1. The lowest BCUT2D eigenvalue weighted by Crippen LogP contribution is -2.27. The molecule has 1 saturated heterocycles. The third-order valence-corrected chi connectivity index (χ3v) is 7.49. The zero-order valence-corrected chi connectivity index (χ0v) is 20.3. The van der Waals surface area contributed by atoms with Gasteiger partial charge in [-0.15, -0.1) is 0 Å². The number of phenols is 1. The van der Waals surface area contributed by atoms with Crippen LogP contribution in [-0.4, -0.2) is 27.8 Å². The first-order valence-electron chi connectivity index (χ1n) is 8.26. The van der Waals surface area contributed by atoms with Gasteiger partial charge in [0.1, 0.15) is 0 Å². The summed E-state index contributed by atoms with van der Waals surface area (Å²) in [5.74, 6) is -0.342. The van der Waals surface area contributed by atoms with Gasteiger partial charge in [0.25, 0.3) is 11.1 Å². The fourth-order valence-corrected chi connectivity index (χ4v) is 4.72. The Morgan fingerprint density at radius 1 is 1.24 bits per heavy atom. The number of imide groups is 1. The molecule has 0 bridgehead atoms. The molecular formula is C19H13Br2Cl2NO4S. The Morgan fingerprint density at radius 3 is 2.62 bits per heavy atom. The van der Waals surface area contributed by atoms with Gasteiger partial charge < -0.3 is 9.84 Å². The molecular weight excluding hydrogens is 569 g/mol. The van der Waals surface area contributed by atoms with E-state index in [1.807, 2.05) is 0 Å². The van der Waals surface area contributed by atoms with Gasteiger partial charge in [-0.2, -0.15) is 0 Å². The van der Waals surface area contributed by atoms with Crippen LogP contribution in [0.1, 0.15) is 18.1 Å². The van der Waals surface area contributed by atoms with Crippen LogP contribution in [0.2, 0.25) is 10.0 Å². The zero-order valence-electron chi connectivity index (χ0n) is 14.8. The number of phenolic OH excluding ortho intramolecular Hbond substituents is 1. The van der Waals surface area contributed by atoms with E-state index in [2.05, 4.69) is 31.9 Å². The summed E-state index contributed by atoms with van der Waals surface area (Å²) in [6, 6.07) is 6.49. The van der Waals surface area contributed by atoms with Crippen molar-refractivity contribution in [1.29, 1.82) is 0 Å². The van der Waals surface area contributed by atoms with E-state index in [1.54, 1.807) is 31.2 Å². The monoisotopic (exact) mass is 579 g/mol. The highest BCUT2D eigenvalue weighted by Gasteiger charge is 2.36. The van der Waals surface area contributed by atoms with Gasteiger partial charge in [-0.1, -0.05) is 29.3 Å². The minimum absolute atomic E-state index is 0.0217. The van der Waals surface area contributed by atoms with Crippen LogP contribution in [-0.2, 0) is 11.3 Å². The molecule has 3 rings (SSSR count). The number of rotatable bonds is 5. The van der Waals surface area contributed by atoms with Crippen LogP contribution in [0, 0.1) is 0 Å². The smallest absolute Gasteiger partial charge is 0.293 e. The second kappa shape index (κ2) is 9.31. The predicted molar refractivity (Wildman–Crippen MR) is 123 cm³/mol. The highest BCUT2D eigenvalue weighted by atomic mass is 79.9. The maximum atomic E-state index is 12.8. The van der Waals surface area contributed by atoms with Gasteiger partial charge in [-0.25, -0.2) is 0 Å². The minimum atomic E-state index is -0.477. The van der Waals surface area contributed by atoms with E-state index in [1.165, 1.54) is 6.08 Å². The number of halogens is 4. The lowest BCUT2D eigenvalue weighted by atomic mass is 10.1. The van der Waals surface area contributed by atoms with Crippen molar-refractivity contribution in [3.05, 3.63) is 59.3 Å². The Bertz CT molecular complexity index is 1050. The Kier molecular flexibility index (Phi) is 7.22. The molecule has 0 radical (unpaired) electrons. The van der Waals surface area contributed by atoms with Gasteiger partial charge in [0.15, 0.2) is 11.5 Å². The standard InChI is InChI=1S/C19H13Br2Cl2NO4S/c1-2-28-14-7-12(20)16(21)11(17(14)25)6-15-18(26)24(19(27)29-15)8-9-3-4-10(22)5-13(9)23/h3-7,25H,2,8H2,1H3/b15-6-. The normalized spacial score (nSPS) is 15.5. The lowest BCUT2D eigenvalue weighted by molar-refractivity contribution is -0.123. The van der Waals surface area contributed by atoms with Crippen molar-refractivity contribution >= 4 is 84.0 Å². The Hall–Kier alpha value is -1.19. The van der Waals surface area contributed by atoms with Crippen LogP contribution in [0.25, 0.3) is 6.08 Å². The molecule has 2 aromatic rings. The number of ether oxygens (including phenoxy) is 1. The summed E-state index contributed by atoms with van der Waals surface area (Å²) in [5, 5.41) is 10.9. The molecule has 2 aromatic carbocycles. The van der Waals surface area contributed by atoms with Gasteiger partial charge in [-0.05, 0) is 80.4 Å². The maximum absolute atomic E-state index is 12.8. The number of carbonyl (C=O) groups excluding carboxylic acids is 2. The van der Waals surface area contributed by atoms with Crippen LogP contribution in [0.5, 0.6) is 11.5 Å². The molecule has 0 atom stereocenters. The predicted octanol–water partition coefficient (Wildman–Crippen LogP) is 6.86. The van der Waals surface area contributed by atoms with Crippen LogP contribution in [0.4, 0.5) is 4.79 Å². The van der Waals surface area contributed by atoms with Gasteiger partial charge in [-0.3, -0.25) is 14.5 Å². The molecule has 1 fully saturated rings. The van der Waals surface area contributed by atoms with Crippen LogP contribution >= 0.6 is 66.8 Å². The Labute approximate surface area is 198 Å². The van der Waals surface area contributed by atoms with Crippen LogP contribution in [0.3, 0.4) is 0 Å². The molecule has 0 aliphatic carbocycles. The molecule has 1 N–H and O–H groups in total. The zero-order chi connectivity index (χ0) is 21.3. The number of carbonyl (C=O) groups is 2. The van der Waals surface area contributed by atoms with Crippen molar-refractivity contribution < 1.29 is 19.4 Å². The van der Waals surface area contributed by atoms with E-state index in [-0.39, 0.29) is 22.9 Å². The fourth-order valence-electron chi connectivity index (χ4n) is 2.60. The Morgan fingerprint density at radius 2 is 1.97 bits per heavy atom. The highest BCUT2D eigenvalue weighted by molar-refractivity contribution is 9.13. The van der Waals surface area contributed by atoms with E-state index in [0.29, 0.717) is 36.7 Å². The molecule has 1 aliphatic heterocycles. The molecule has 5 nitrogen and oxygen atoms in total. The van der Waals surface area contributed by atoms with Crippen molar-refractivity contribution in [2.45, 2.75) is 13.5 Å². The molecule has 0 spiro atoms. The number of benzene rings is 2. The summed E-state index contributed by atoms with van der Waals surface area (Å²) in [7, 11) is 0. The van der Waals surface area contributed by atoms with Gasteiger partial charge in [0.2, 0.25) is 0 Å². The first-order chi connectivity index (χ1) is 13.7. The second-order valence-electron chi connectivity index (χ2n) is 5.87. The van der Waals surface area contributed by atoms with Crippen LogP contribution in [0.15, 0.2) is 38.1 Å². The van der Waals surface area contributed by atoms with Gasteiger partial charge in [0, 0.05) is 24.6 Å². The minimum Gasteiger partial charge on any atom is -0.504 e. The average Bonchev–Trinajstić information content (AvgIpc) is 2.92. The largest absolute Gasteiger partial charge is 0.504 e.